The molecule has 0 aliphatic carbocycles. The molecule has 1 aromatic rings. The highest BCUT2D eigenvalue weighted by Crippen LogP contribution is 2.04. The lowest BCUT2D eigenvalue weighted by atomic mass is 10.2. The van der Waals surface area contributed by atoms with Gasteiger partial charge in [-0.2, -0.15) is 0 Å². The number of aromatic nitrogens is 1. The first-order valence-electron chi connectivity index (χ1n) is 4.72. The molecule has 1 amide bonds. The summed E-state index contributed by atoms with van der Waals surface area (Å²) in [6.07, 6.45) is 0.831. The molecular weight excluding hydrogens is 230 g/mol. The second-order valence-electron chi connectivity index (χ2n) is 3.29. The van der Waals surface area contributed by atoms with Crippen LogP contribution in [0.2, 0.25) is 0 Å². The minimum atomic E-state index is -0.725. The minimum Gasteiger partial charge on any atom is -0.297 e. The molecule has 0 aromatic carbocycles. The lowest BCUT2D eigenvalue weighted by Gasteiger charge is -2.02. The fourth-order valence-corrected chi connectivity index (χ4v) is 0.789. The van der Waals surface area contributed by atoms with Crippen molar-refractivity contribution in [1.29, 1.82) is 0 Å². The number of nitrogens with zero attached hydrogens (tertiary/aromatic N) is 2. The lowest BCUT2D eigenvalue weighted by molar-refractivity contribution is 0.166. The van der Waals surface area contributed by atoms with Gasteiger partial charge in [0, 0.05) is 12.1 Å². The van der Waals surface area contributed by atoms with Crippen LogP contribution in [-0.4, -0.2) is 16.2 Å². The smallest absolute Gasteiger partial charge is 0.297 e. The zero-order valence-electron chi connectivity index (χ0n) is 8.98. The van der Waals surface area contributed by atoms with E-state index in [4.69, 9.17) is 11.6 Å². The highest BCUT2D eigenvalue weighted by atomic mass is 35.5. The van der Waals surface area contributed by atoms with Crippen molar-refractivity contribution >= 4 is 28.7 Å². The van der Waals surface area contributed by atoms with Crippen molar-refractivity contribution in [3.8, 4) is 0 Å². The van der Waals surface area contributed by atoms with E-state index in [0.29, 0.717) is 5.82 Å². The highest BCUT2D eigenvalue weighted by Gasteiger charge is 2.06. The minimum absolute atomic E-state index is 0.0179. The van der Waals surface area contributed by atoms with Gasteiger partial charge in [-0.05, 0) is 12.1 Å². The molecule has 0 aliphatic heterocycles. The van der Waals surface area contributed by atoms with Gasteiger partial charge in [0.25, 0.3) is 0 Å². The standard InChI is InChI=1S/C10H12ClN3O2/c1-7(2)9(11)14-16-10(15)13-8-5-3-4-6-12-8/h3-7H,1-2H3,(H,12,13,15)/b14-9-. The predicted molar refractivity (Wildman–Crippen MR) is 62.5 cm³/mol. The van der Waals surface area contributed by atoms with Crippen molar-refractivity contribution in [2.45, 2.75) is 13.8 Å². The normalized spacial score (nSPS) is 11.4. The molecule has 1 aromatic heterocycles. The number of rotatable bonds is 3. The highest BCUT2D eigenvalue weighted by molar-refractivity contribution is 6.65. The summed E-state index contributed by atoms with van der Waals surface area (Å²) in [6, 6.07) is 5.12. The second kappa shape index (κ2) is 6.07. The number of amides is 1. The molecule has 86 valence electrons. The van der Waals surface area contributed by atoms with Gasteiger partial charge in [-0.25, -0.2) is 9.78 Å². The number of anilines is 1. The van der Waals surface area contributed by atoms with E-state index in [-0.39, 0.29) is 11.1 Å². The molecule has 0 spiro atoms. The van der Waals surface area contributed by atoms with Gasteiger partial charge in [-0.15, -0.1) is 0 Å². The first-order valence-corrected chi connectivity index (χ1v) is 5.10. The van der Waals surface area contributed by atoms with Crippen molar-refractivity contribution in [1.82, 2.24) is 4.98 Å². The van der Waals surface area contributed by atoms with Crippen LogP contribution >= 0.6 is 11.6 Å². The molecule has 0 radical (unpaired) electrons. The number of halogens is 1. The molecule has 0 saturated carbocycles. The quantitative estimate of drug-likeness (QED) is 0.503. The third-order valence-electron chi connectivity index (χ3n) is 1.59. The summed E-state index contributed by atoms with van der Waals surface area (Å²) in [4.78, 5) is 19.6. The fourth-order valence-electron chi connectivity index (χ4n) is 0.755. The van der Waals surface area contributed by atoms with E-state index in [1.807, 2.05) is 13.8 Å². The third-order valence-corrected chi connectivity index (χ3v) is 2.09. The Labute approximate surface area is 98.5 Å². The lowest BCUT2D eigenvalue weighted by Crippen LogP contribution is -2.13. The van der Waals surface area contributed by atoms with Gasteiger partial charge in [0.05, 0.1) is 0 Å². The number of oxime groups is 1. The van der Waals surface area contributed by atoms with Gasteiger partial charge in [-0.1, -0.05) is 36.7 Å². The van der Waals surface area contributed by atoms with E-state index in [9.17, 15) is 4.79 Å². The summed E-state index contributed by atoms with van der Waals surface area (Å²) in [5.74, 6) is 0.410. The maximum Gasteiger partial charge on any atom is 0.439 e. The number of hydrogen-bond donors (Lipinski definition) is 1. The number of carbonyl (C=O) groups is 1. The van der Waals surface area contributed by atoms with Gasteiger partial charge in [0.2, 0.25) is 0 Å². The molecule has 1 N–H and O–H groups in total. The van der Waals surface area contributed by atoms with E-state index in [1.54, 1.807) is 24.4 Å². The molecule has 16 heavy (non-hydrogen) atoms. The number of hydrogen-bond acceptors (Lipinski definition) is 4. The van der Waals surface area contributed by atoms with Crippen molar-refractivity contribution in [3.05, 3.63) is 24.4 Å². The Morgan fingerprint density at radius 1 is 1.56 bits per heavy atom. The van der Waals surface area contributed by atoms with Gasteiger partial charge in [0.15, 0.2) is 0 Å². The van der Waals surface area contributed by atoms with Crippen molar-refractivity contribution in [2.24, 2.45) is 11.1 Å². The van der Waals surface area contributed by atoms with E-state index < -0.39 is 6.09 Å². The van der Waals surface area contributed by atoms with Crippen LogP contribution in [0.4, 0.5) is 10.6 Å². The average molecular weight is 242 g/mol. The van der Waals surface area contributed by atoms with Crippen molar-refractivity contribution < 1.29 is 9.63 Å². The molecule has 1 heterocycles. The van der Waals surface area contributed by atoms with Crippen molar-refractivity contribution in [3.63, 3.8) is 0 Å². The molecule has 0 unspecified atom stereocenters. The maximum atomic E-state index is 11.2. The Hall–Kier alpha value is -1.62. The number of pyridine rings is 1. The molecule has 5 nitrogen and oxygen atoms in total. The van der Waals surface area contributed by atoms with Crippen LogP contribution in [0.3, 0.4) is 0 Å². The molecule has 0 bridgehead atoms. The predicted octanol–water partition coefficient (Wildman–Crippen LogP) is 2.84. The first kappa shape index (κ1) is 12.4. The summed E-state index contributed by atoms with van der Waals surface area (Å²) in [5.41, 5.74) is 0. The largest absolute Gasteiger partial charge is 0.439 e. The van der Waals surface area contributed by atoms with Crippen LogP contribution in [0.1, 0.15) is 13.8 Å². The Kier molecular flexibility index (Phi) is 4.72. The Balaban J connectivity index is 2.46. The molecule has 0 aliphatic rings. The van der Waals surface area contributed by atoms with Crippen LogP contribution in [0.5, 0.6) is 0 Å². The van der Waals surface area contributed by atoms with E-state index in [0.717, 1.165) is 0 Å². The van der Waals surface area contributed by atoms with Crippen LogP contribution in [0.25, 0.3) is 0 Å². The molecule has 6 heteroatoms. The molecule has 0 fully saturated rings. The topological polar surface area (TPSA) is 63.6 Å². The second-order valence-corrected chi connectivity index (χ2v) is 3.67. The molecule has 0 saturated heterocycles. The first-order chi connectivity index (χ1) is 7.59. The molecule has 1 rings (SSSR count). The summed E-state index contributed by atoms with van der Waals surface area (Å²) >= 11 is 5.69. The van der Waals surface area contributed by atoms with Crippen LogP contribution in [0, 0.1) is 5.92 Å². The Morgan fingerprint density at radius 3 is 2.88 bits per heavy atom. The van der Waals surface area contributed by atoms with Crippen LogP contribution < -0.4 is 5.32 Å². The summed E-state index contributed by atoms with van der Waals surface area (Å²) in [5, 5.41) is 6.09. The summed E-state index contributed by atoms with van der Waals surface area (Å²) in [6.45, 7) is 3.68. The van der Waals surface area contributed by atoms with Crippen molar-refractivity contribution in [2.75, 3.05) is 5.32 Å². The van der Waals surface area contributed by atoms with Gasteiger partial charge in [-0.3, -0.25) is 10.2 Å². The monoisotopic (exact) mass is 241 g/mol. The van der Waals surface area contributed by atoms with E-state index in [2.05, 4.69) is 20.3 Å². The third kappa shape index (κ3) is 4.27. The van der Waals surface area contributed by atoms with Crippen LogP contribution in [0.15, 0.2) is 29.6 Å². The number of nitrogens with one attached hydrogen (secondary N) is 1. The van der Waals surface area contributed by atoms with Gasteiger partial charge >= 0.3 is 6.09 Å². The SMILES string of the molecule is CC(C)/C(Cl)=N/OC(=O)Nc1ccccn1. The van der Waals surface area contributed by atoms with Gasteiger partial charge < -0.3 is 0 Å². The van der Waals surface area contributed by atoms with Crippen LogP contribution in [-0.2, 0) is 4.84 Å². The number of carbonyl (C=O) groups excluding carboxylic acids is 1. The fraction of sp³-hybridized carbons (Fsp3) is 0.300. The Morgan fingerprint density at radius 2 is 2.31 bits per heavy atom. The Bertz CT molecular complexity index is 379. The zero-order chi connectivity index (χ0) is 12.0. The maximum absolute atomic E-state index is 11.2. The van der Waals surface area contributed by atoms with Gasteiger partial charge in [0.1, 0.15) is 11.0 Å². The molecular formula is C10H12ClN3O2. The average Bonchev–Trinajstić information content (AvgIpc) is 2.27. The zero-order valence-corrected chi connectivity index (χ0v) is 9.73. The van der Waals surface area contributed by atoms with E-state index in [1.165, 1.54) is 0 Å². The molecule has 0 atom stereocenters. The van der Waals surface area contributed by atoms with E-state index >= 15 is 0 Å². The summed E-state index contributed by atoms with van der Waals surface area (Å²) in [7, 11) is 0. The summed E-state index contributed by atoms with van der Waals surface area (Å²) < 4.78 is 0.